The molecule has 0 radical (unpaired) electrons. The van der Waals surface area contributed by atoms with Crippen molar-refractivity contribution in [2.75, 3.05) is 0 Å². The number of rotatable bonds is 6. The van der Waals surface area contributed by atoms with Crippen molar-refractivity contribution >= 4 is 85.3 Å². The highest BCUT2D eigenvalue weighted by atomic mass is 127. The van der Waals surface area contributed by atoms with Gasteiger partial charge in [-0.3, -0.25) is 19.5 Å². The van der Waals surface area contributed by atoms with Crippen LogP contribution in [0.25, 0.3) is 11.8 Å². The van der Waals surface area contributed by atoms with E-state index >= 15 is 0 Å². The van der Waals surface area contributed by atoms with Gasteiger partial charge in [0.05, 0.1) is 28.3 Å². The minimum atomic E-state index is -0.415. The lowest BCUT2D eigenvalue weighted by Crippen LogP contribution is -2.38. The van der Waals surface area contributed by atoms with Gasteiger partial charge in [0.15, 0.2) is 4.80 Å². The fourth-order valence-corrected chi connectivity index (χ4v) is 9.52. The molecular formula is C32H21I2N3O4S2. The zero-order chi connectivity index (χ0) is 29.7. The molecule has 0 spiro atoms. The van der Waals surface area contributed by atoms with Crippen LogP contribution in [0.3, 0.4) is 0 Å². The first-order valence-corrected chi connectivity index (χ1v) is 17.2. The van der Waals surface area contributed by atoms with Gasteiger partial charge in [-0.25, -0.2) is 4.99 Å². The number of nitro benzene ring substituents is 1. The van der Waals surface area contributed by atoms with Crippen molar-refractivity contribution in [1.82, 2.24) is 4.57 Å². The number of aromatic nitrogens is 1. The van der Waals surface area contributed by atoms with Gasteiger partial charge in [-0.1, -0.05) is 41.7 Å². The first-order chi connectivity index (χ1) is 20.9. The largest absolute Gasteiger partial charge is 0.487 e. The second-order valence-corrected chi connectivity index (χ2v) is 14.5. The zero-order valence-corrected chi connectivity index (χ0v) is 28.3. The molecule has 3 aromatic carbocycles. The molecule has 43 heavy (non-hydrogen) atoms. The van der Waals surface area contributed by atoms with Gasteiger partial charge in [0.1, 0.15) is 12.4 Å². The molecule has 0 saturated heterocycles. The van der Waals surface area contributed by atoms with Crippen molar-refractivity contribution in [3.05, 3.63) is 148 Å². The first-order valence-electron chi connectivity index (χ1n) is 13.4. The van der Waals surface area contributed by atoms with Crippen molar-refractivity contribution in [3.8, 4) is 5.75 Å². The molecule has 0 saturated carbocycles. The maximum atomic E-state index is 14.0. The Balaban J connectivity index is 1.25. The Morgan fingerprint density at radius 2 is 1.81 bits per heavy atom. The number of benzene rings is 3. The number of hydrogen-bond acceptors (Lipinski definition) is 7. The number of non-ortho nitro benzene ring substituents is 1. The molecule has 2 aromatic heterocycles. The Morgan fingerprint density at radius 3 is 2.53 bits per heavy atom. The number of nitro groups is 1. The zero-order valence-electron chi connectivity index (χ0n) is 22.3. The van der Waals surface area contributed by atoms with Gasteiger partial charge in [0.2, 0.25) is 0 Å². The van der Waals surface area contributed by atoms with Gasteiger partial charge in [-0.05, 0) is 122 Å². The Hall–Kier alpha value is -3.14. The summed E-state index contributed by atoms with van der Waals surface area (Å²) in [6.45, 7) is 0.290. The van der Waals surface area contributed by atoms with Crippen LogP contribution in [0.2, 0.25) is 0 Å². The van der Waals surface area contributed by atoms with E-state index in [4.69, 9.17) is 9.73 Å². The molecule has 2 aliphatic rings. The van der Waals surface area contributed by atoms with Gasteiger partial charge >= 0.3 is 0 Å². The van der Waals surface area contributed by atoms with Crippen LogP contribution in [-0.4, -0.2) is 9.49 Å². The summed E-state index contributed by atoms with van der Waals surface area (Å²) < 4.78 is 10.4. The summed E-state index contributed by atoms with van der Waals surface area (Å²) >= 11 is 7.60. The molecule has 1 aliphatic heterocycles. The number of nitrogens with zero attached hydrogens (tertiary/aromatic N) is 3. The lowest BCUT2D eigenvalue weighted by Gasteiger charge is -2.30. The molecule has 0 N–H and O–H groups in total. The molecule has 3 heterocycles. The third kappa shape index (κ3) is 5.40. The van der Waals surface area contributed by atoms with E-state index in [1.807, 2.05) is 28.8 Å². The smallest absolute Gasteiger partial charge is 0.271 e. The third-order valence-electron chi connectivity index (χ3n) is 7.53. The number of allylic oxidation sites excluding steroid dienone is 1. The SMILES string of the molecule is O=c1/c(=C\c2cc(I)c(OCc3ccc([N+](=O)[O-])cc3)c(I)c2)sc2n1[C@H](c1cccs1)C1=C(N=2)c2ccccc2CC1. The molecule has 214 valence electrons. The summed E-state index contributed by atoms with van der Waals surface area (Å²) in [5.74, 6) is 0.738. The summed E-state index contributed by atoms with van der Waals surface area (Å²) in [6.07, 6.45) is 3.75. The van der Waals surface area contributed by atoms with Crippen LogP contribution >= 0.6 is 67.9 Å². The topological polar surface area (TPSA) is 86.7 Å². The van der Waals surface area contributed by atoms with Crippen LogP contribution in [-0.2, 0) is 13.0 Å². The summed E-state index contributed by atoms with van der Waals surface area (Å²) in [5.41, 5.74) is 6.44. The van der Waals surface area contributed by atoms with E-state index in [0.29, 0.717) is 11.1 Å². The van der Waals surface area contributed by atoms with E-state index in [1.165, 1.54) is 34.6 Å². The molecule has 0 bridgehead atoms. The highest BCUT2D eigenvalue weighted by molar-refractivity contribution is 14.1. The van der Waals surface area contributed by atoms with Crippen molar-refractivity contribution in [2.24, 2.45) is 4.99 Å². The van der Waals surface area contributed by atoms with E-state index in [9.17, 15) is 14.9 Å². The molecule has 0 unspecified atom stereocenters. The van der Waals surface area contributed by atoms with Gasteiger partial charge in [0.25, 0.3) is 11.2 Å². The van der Waals surface area contributed by atoms with Crippen molar-refractivity contribution in [2.45, 2.75) is 25.5 Å². The number of fused-ring (bicyclic) bond motifs is 3. The van der Waals surface area contributed by atoms with Crippen LogP contribution < -0.4 is 19.6 Å². The minimum absolute atomic E-state index is 0.0314. The monoisotopic (exact) mass is 829 g/mol. The maximum Gasteiger partial charge on any atom is 0.271 e. The van der Waals surface area contributed by atoms with Gasteiger partial charge < -0.3 is 4.74 Å². The second-order valence-electron chi connectivity index (χ2n) is 10.2. The lowest BCUT2D eigenvalue weighted by atomic mass is 9.85. The number of ether oxygens (including phenoxy) is 1. The van der Waals surface area contributed by atoms with Crippen molar-refractivity contribution in [3.63, 3.8) is 0 Å². The first kappa shape index (κ1) is 28.6. The molecule has 11 heteroatoms. The molecular weight excluding hydrogens is 808 g/mol. The molecule has 5 aromatic rings. The number of thiophene rings is 1. The van der Waals surface area contributed by atoms with Crippen LogP contribution in [0.5, 0.6) is 5.75 Å². The highest BCUT2D eigenvalue weighted by Crippen LogP contribution is 2.42. The highest BCUT2D eigenvalue weighted by Gasteiger charge is 2.33. The fourth-order valence-electron chi connectivity index (χ4n) is 5.54. The van der Waals surface area contributed by atoms with Crippen LogP contribution in [0, 0.1) is 17.3 Å². The number of halogens is 2. The Labute approximate surface area is 281 Å². The van der Waals surface area contributed by atoms with E-state index in [0.717, 1.165) is 57.8 Å². The predicted octanol–water partition coefficient (Wildman–Crippen LogP) is 7.08. The van der Waals surface area contributed by atoms with E-state index < -0.39 is 4.92 Å². The molecule has 1 atom stereocenters. The summed E-state index contributed by atoms with van der Waals surface area (Å²) in [4.78, 5) is 31.5. The minimum Gasteiger partial charge on any atom is -0.487 e. The van der Waals surface area contributed by atoms with Crippen LogP contribution in [0.1, 0.15) is 39.6 Å². The Kier molecular flexibility index (Phi) is 7.82. The normalized spacial score (nSPS) is 15.9. The molecule has 0 amide bonds. The number of hydrogen-bond donors (Lipinski definition) is 0. The Morgan fingerprint density at radius 1 is 1.05 bits per heavy atom. The quantitative estimate of drug-likeness (QED) is 0.104. The van der Waals surface area contributed by atoms with E-state index in [2.05, 4.69) is 80.9 Å². The third-order valence-corrected chi connectivity index (χ3v) is 11.0. The van der Waals surface area contributed by atoms with Crippen LogP contribution in [0.15, 0.2) is 93.5 Å². The van der Waals surface area contributed by atoms with Crippen LogP contribution in [0.4, 0.5) is 5.69 Å². The van der Waals surface area contributed by atoms with Crippen molar-refractivity contribution < 1.29 is 9.66 Å². The molecule has 1 aliphatic carbocycles. The number of aryl methyl sites for hydroxylation is 1. The van der Waals surface area contributed by atoms with Gasteiger partial charge in [0, 0.05) is 22.6 Å². The van der Waals surface area contributed by atoms with Gasteiger partial charge in [-0.2, -0.15) is 0 Å². The average molecular weight is 829 g/mol. The lowest BCUT2D eigenvalue weighted by molar-refractivity contribution is -0.384. The second kappa shape index (κ2) is 11.7. The summed E-state index contributed by atoms with van der Waals surface area (Å²) in [6, 6.07) is 22.8. The van der Waals surface area contributed by atoms with E-state index in [-0.39, 0.29) is 17.3 Å². The standard InChI is InChI=1S/C32H21I2N3O4S2/c33-24-14-19(15-25(34)30(24)41-17-18-7-10-21(11-8-18)37(39)40)16-27-31(38)36-29(26-6-3-13-42-26)23-12-9-20-4-1-2-5-22(20)28(23)35-32(36)43-27/h1-8,10-11,13-16,29H,9,12,17H2/b27-16+/t29-/m0/s1. The number of thiazole rings is 1. The molecule has 7 rings (SSSR count). The summed E-state index contributed by atoms with van der Waals surface area (Å²) in [5, 5.41) is 13.0. The average Bonchev–Trinajstić information content (AvgIpc) is 3.64. The molecule has 0 fully saturated rings. The molecule has 7 nitrogen and oxygen atoms in total. The fraction of sp³-hybridized carbons (Fsp3) is 0.125. The van der Waals surface area contributed by atoms with Gasteiger partial charge in [-0.15, -0.1) is 11.3 Å². The summed E-state index contributed by atoms with van der Waals surface area (Å²) in [7, 11) is 0. The van der Waals surface area contributed by atoms with E-state index in [1.54, 1.807) is 23.5 Å². The van der Waals surface area contributed by atoms with Crippen molar-refractivity contribution in [1.29, 1.82) is 0 Å². The predicted molar refractivity (Wildman–Crippen MR) is 186 cm³/mol. The maximum absolute atomic E-state index is 14.0. The Bertz CT molecular complexity index is 2090.